The third-order valence-corrected chi connectivity index (χ3v) is 5.40. The molecule has 144 valence electrons. The molecule has 2 amide bonds. The van der Waals surface area contributed by atoms with Gasteiger partial charge in [-0.25, -0.2) is 4.98 Å². The second kappa shape index (κ2) is 8.52. The molecule has 1 aromatic carbocycles. The zero-order valence-corrected chi connectivity index (χ0v) is 16.8. The van der Waals surface area contributed by atoms with E-state index in [9.17, 15) is 9.59 Å². The number of amides is 2. The van der Waals surface area contributed by atoms with Gasteiger partial charge >= 0.3 is 0 Å². The molecule has 0 atom stereocenters. The van der Waals surface area contributed by atoms with Crippen LogP contribution in [0.25, 0.3) is 0 Å². The Morgan fingerprint density at radius 3 is 2.44 bits per heavy atom. The van der Waals surface area contributed by atoms with Crippen molar-refractivity contribution in [2.75, 3.05) is 33.3 Å². The molecule has 2 heterocycles. The van der Waals surface area contributed by atoms with Crippen molar-refractivity contribution in [1.29, 1.82) is 0 Å². The molecule has 1 saturated heterocycles. The van der Waals surface area contributed by atoms with Crippen LogP contribution in [-0.2, 0) is 6.42 Å². The van der Waals surface area contributed by atoms with Gasteiger partial charge in [-0.15, -0.1) is 11.3 Å². The molecule has 0 bridgehead atoms. The fraction of sp³-hybridized carbons (Fsp3) is 0.450. The van der Waals surface area contributed by atoms with Crippen molar-refractivity contribution >= 4 is 23.2 Å². The molecule has 1 aliphatic rings. The average molecular weight is 388 g/mol. The largest absolute Gasteiger partial charge is 0.497 e. The summed E-state index contributed by atoms with van der Waals surface area (Å²) < 4.78 is 5.19. The minimum absolute atomic E-state index is 0.0334. The Morgan fingerprint density at radius 1 is 1.15 bits per heavy atom. The number of hydrogen-bond acceptors (Lipinski definition) is 5. The number of ether oxygens (including phenoxy) is 1. The summed E-state index contributed by atoms with van der Waals surface area (Å²) in [7, 11) is 1.58. The highest BCUT2D eigenvalue weighted by Gasteiger charge is 2.26. The van der Waals surface area contributed by atoms with Crippen molar-refractivity contribution < 1.29 is 14.3 Å². The maximum Gasteiger partial charge on any atom is 0.273 e. The summed E-state index contributed by atoms with van der Waals surface area (Å²) in [6, 6.07) is 7.15. The maximum atomic E-state index is 12.7. The van der Waals surface area contributed by atoms with Crippen molar-refractivity contribution in [2.24, 2.45) is 5.92 Å². The molecule has 6 nitrogen and oxygen atoms in total. The van der Waals surface area contributed by atoms with Crippen LogP contribution in [0, 0.1) is 5.92 Å². The molecule has 27 heavy (non-hydrogen) atoms. The standard InChI is InChI=1S/C20H25N3O3S/c1-14(2)11-18-21-17(13-27-18)20(25)23-9-7-22(8-10-23)19(24)15-5-4-6-16(12-15)26-3/h4-6,12-14H,7-11H2,1-3H3. The second-order valence-corrected chi connectivity index (χ2v) is 7.98. The number of piperazine rings is 1. The summed E-state index contributed by atoms with van der Waals surface area (Å²) in [5.74, 6) is 1.10. The van der Waals surface area contributed by atoms with Crippen molar-refractivity contribution in [3.05, 3.63) is 45.9 Å². The van der Waals surface area contributed by atoms with Crippen molar-refractivity contribution in [3.8, 4) is 5.75 Å². The second-order valence-electron chi connectivity index (χ2n) is 7.04. The van der Waals surface area contributed by atoms with Gasteiger partial charge in [-0.3, -0.25) is 9.59 Å². The van der Waals surface area contributed by atoms with Crippen molar-refractivity contribution in [2.45, 2.75) is 20.3 Å². The summed E-state index contributed by atoms with van der Waals surface area (Å²) in [6.45, 7) is 6.36. The first kappa shape index (κ1) is 19.4. The van der Waals surface area contributed by atoms with E-state index in [0.29, 0.717) is 49.1 Å². The van der Waals surface area contributed by atoms with E-state index in [2.05, 4.69) is 18.8 Å². The predicted octanol–water partition coefficient (Wildman–Crippen LogP) is 2.95. The molecule has 1 fully saturated rings. The lowest BCUT2D eigenvalue weighted by atomic mass is 10.1. The first-order valence-electron chi connectivity index (χ1n) is 9.15. The molecule has 7 heteroatoms. The number of hydrogen-bond donors (Lipinski definition) is 0. The summed E-state index contributed by atoms with van der Waals surface area (Å²) in [5, 5.41) is 2.84. The van der Waals surface area contributed by atoms with E-state index in [1.807, 2.05) is 17.5 Å². The number of carbonyl (C=O) groups is 2. The topological polar surface area (TPSA) is 62.7 Å². The van der Waals surface area contributed by atoms with Gasteiger partial charge in [0.1, 0.15) is 11.4 Å². The predicted molar refractivity (Wildman–Crippen MR) is 105 cm³/mol. The minimum Gasteiger partial charge on any atom is -0.497 e. The molecular formula is C20H25N3O3S. The van der Waals surface area contributed by atoms with Gasteiger partial charge in [0.25, 0.3) is 11.8 Å². The lowest BCUT2D eigenvalue weighted by molar-refractivity contribution is 0.0532. The van der Waals surface area contributed by atoms with E-state index in [-0.39, 0.29) is 11.8 Å². The van der Waals surface area contributed by atoms with Crippen LogP contribution < -0.4 is 4.74 Å². The monoisotopic (exact) mass is 387 g/mol. The SMILES string of the molecule is COc1cccc(C(=O)N2CCN(C(=O)c3csc(CC(C)C)n3)CC2)c1. The quantitative estimate of drug-likeness (QED) is 0.791. The number of carbonyl (C=O) groups excluding carboxylic acids is 2. The molecule has 0 aliphatic carbocycles. The van der Waals surface area contributed by atoms with Gasteiger partial charge in [0.05, 0.1) is 12.1 Å². The molecule has 1 aromatic heterocycles. The van der Waals surface area contributed by atoms with Crippen LogP contribution >= 0.6 is 11.3 Å². The van der Waals surface area contributed by atoms with Crippen molar-refractivity contribution in [1.82, 2.24) is 14.8 Å². The van der Waals surface area contributed by atoms with E-state index in [0.717, 1.165) is 11.4 Å². The fourth-order valence-corrected chi connectivity index (χ4v) is 4.05. The third-order valence-electron chi connectivity index (χ3n) is 4.52. The third kappa shape index (κ3) is 4.66. The Bertz CT molecular complexity index is 810. The number of rotatable bonds is 5. The highest BCUT2D eigenvalue weighted by molar-refractivity contribution is 7.09. The van der Waals surface area contributed by atoms with Crippen LogP contribution in [0.3, 0.4) is 0 Å². The molecule has 2 aromatic rings. The van der Waals surface area contributed by atoms with Crippen LogP contribution in [0.1, 0.15) is 39.7 Å². The summed E-state index contributed by atoms with van der Waals surface area (Å²) in [4.78, 5) is 33.4. The zero-order chi connectivity index (χ0) is 19.4. The van der Waals surface area contributed by atoms with Crippen LogP contribution in [0.4, 0.5) is 0 Å². The molecule has 0 spiro atoms. The lowest BCUT2D eigenvalue weighted by Crippen LogP contribution is -2.50. The van der Waals surface area contributed by atoms with Crippen molar-refractivity contribution in [3.63, 3.8) is 0 Å². The fourth-order valence-electron chi connectivity index (χ4n) is 3.07. The highest BCUT2D eigenvalue weighted by atomic mass is 32.1. The van der Waals surface area contributed by atoms with Gasteiger partial charge in [0.2, 0.25) is 0 Å². The number of benzene rings is 1. The van der Waals surface area contributed by atoms with E-state index in [4.69, 9.17) is 4.74 Å². The minimum atomic E-state index is -0.0465. The van der Waals surface area contributed by atoms with Crippen LogP contribution in [0.5, 0.6) is 5.75 Å². The number of nitrogens with zero attached hydrogens (tertiary/aromatic N) is 3. The molecule has 3 rings (SSSR count). The Labute approximate surface area is 163 Å². The van der Waals surface area contributed by atoms with Gasteiger partial charge in [0.15, 0.2) is 0 Å². The average Bonchev–Trinajstić information content (AvgIpc) is 3.14. The van der Waals surface area contributed by atoms with Gasteiger partial charge in [0, 0.05) is 43.5 Å². The Kier molecular flexibility index (Phi) is 6.11. The first-order chi connectivity index (χ1) is 13.0. The van der Waals surface area contributed by atoms with Gasteiger partial charge in [-0.1, -0.05) is 19.9 Å². The maximum absolute atomic E-state index is 12.7. The Balaban J connectivity index is 1.58. The van der Waals surface area contributed by atoms with Gasteiger partial charge in [-0.2, -0.15) is 0 Å². The Morgan fingerprint density at radius 2 is 1.81 bits per heavy atom. The first-order valence-corrected chi connectivity index (χ1v) is 10.0. The summed E-state index contributed by atoms with van der Waals surface area (Å²) >= 11 is 1.54. The molecule has 1 aliphatic heterocycles. The molecule has 0 unspecified atom stereocenters. The van der Waals surface area contributed by atoms with Gasteiger partial charge in [-0.05, 0) is 24.1 Å². The van der Waals surface area contributed by atoms with E-state index in [1.165, 1.54) is 0 Å². The zero-order valence-electron chi connectivity index (χ0n) is 16.0. The van der Waals surface area contributed by atoms with Crippen LogP contribution in [-0.4, -0.2) is 59.9 Å². The summed E-state index contributed by atoms with van der Waals surface area (Å²) in [5.41, 5.74) is 1.12. The van der Waals surface area contributed by atoms with E-state index >= 15 is 0 Å². The van der Waals surface area contributed by atoms with E-state index in [1.54, 1.807) is 40.4 Å². The normalized spacial score (nSPS) is 14.5. The molecule has 0 N–H and O–H groups in total. The van der Waals surface area contributed by atoms with Crippen LogP contribution in [0.2, 0.25) is 0 Å². The molecule has 0 saturated carbocycles. The summed E-state index contributed by atoms with van der Waals surface area (Å²) in [6.07, 6.45) is 0.890. The smallest absolute Gasteiger partial charge is 0.273 e. The number of methoxy groups -OCH3 is 1. The highest BCUT2D eigenvalue weighted by Crippen LogP contribution is 2.18. The van der Waals surface area contributed by atoms with Crippen LogP contribution in [0.15, 0.2) is 29.6 Å². The molecule has 0 radical (unpaired) electrons. The van der Waals surface area contributed by atoms with E-state index < -0.39 is 0 Å². The lowest BCUT2D eigenvalue weighted by Gasteiger charge is -2.34. The number of aromatic nitrogens is 1. The van der Waals surface area contributed by atoms with Gasteiger partial charge < -0.3 is 14.5 Å². The molecular weight excluding hydrogens is 362 g/mol. The Hall–Kier alpha value is -2.41. The number of thiazole rings is 1.